The molecule has 0 aliphatic carbocycles. The monoisotopic (exact) mass is 382 g/mol. The molecule has 2 N–H and O–H groups in total. The molecule has 28 heavy (non-hydrogen) atoms. The largest absolute Gasteiger partial charge is 0.493 e. The molecule has 146 valence electrons. The number of nitriles is 1. The summed E-state index contributed by atoms with van der Waals surface area (Å²) in [7, 11) is 1.51. The van der Waals surface area contributed by atoms with E-state index in [0.717, 1.165) is 5.56 Å². The zero-order valence-electron chi connectivity index (χ0n) is 15.8. The first-order chi connectivity index (χ1) is 13.5. The molecule has 2 rings (SSSR count). The Bertz CT molecular complexity index is 871. The highest BCUT2D eigenvalue weighted by atomic mass is 16.5. The van der Waals surface area contributed by atoms with Gasteiger partial charge in [-0.2, -0.15) is 5.26 Å². The number of amides is 1. The average molecular weight is 382 g/mol. The van der Waals surface area contributed by atoms with Crippen LogP contribution in [0, 0.1) is 11.3 Å². The SMILES string of the molecule is COc1cc(CCNC(=O)C(O)c2ccc(C(C)=O)cc2)ccc1OCC#N. The van der Waals surface area contributed by atoms with E-state index in [2.05, 4.69) is 5.32 Å². The summed E-state index contributed by atoms with van der Waals surface area (Å²) in [4.78, 5) is 23.4. The summed E-state index contributed by atoms with van der Waals surface area (Å²) in [5.74, 6) is 0.382. The zero-order chi connectivity index (χ0) is 20.5. The molecular formula is C21H22N2O5. The molecule has 2 aromatic carbocycles. The molecule has 0 radical (unpaired) electrons. The second kappa shape index (κ2) is 10.1. The summed E-state index contributed by atoms with van der Waals surface area (Å²) in [5, 5.41) is 21.4. The van der Waals surface area contributed by atoms with E-state index in [1.54, 1.807) is 36.4 Å². The van der Waals surface area contributed by atoms with Crippen LogP contribution in [0.15, 0.2) is 42.5 Å². The van der Waals surface area contributed by atoms with Gasteiger partial charge in [-0.25, -0.2) is 0 Å². The van der Waals surface area contributed by atoms with Gasteiger partial charge in [-0.15, -0.1) is 0 Å². The Balaban J connectivity index is 1.90. The number of hydrogen-bond donors (Lipinski definition) is 2. The van der Waals surface area contributed by atoms with Gasteiger partial charge >= 0.3 is 0 Å². The zero-order valence-corrected chi connectivity index (χ0v) is 15.8. The number of rotatable bonds is 9. The highest BCUT2D eigenvalue weighted by Crippen LogP contribution is 2.28. The Kier molecular flexibility index (Phi) is 7.55. The Morgan fingerprint density at radius 1 is 1.18 bits per heavy atom. The molecule has 0 fully saturated rings. The normalized spacial score (nSPS) is 11.2. The smallest absolute Gasteiger partial charge is 0.253 e. The minimum atomic E-state index is -1.31. The van der Waals surface area contributed by atoms with E-state index >= 15 is 0 Å². The van der Waals surface area contributed by atoms with Crippen molar-refractivity contribution in [2.24, 2.45) is 0 Å². The van der Waals surface area contributed by atoms with E-state index < -0.39 is 12.0 Å². The molecule has 0 aliphatic rings. The fourth-order valence-corrected chi connectivity index (χ4v) is 2.57. The fraction of sp³-hybridized carbons (Fsp3) is 0.286. The Labute approximate surface area is 163 Å². The lowest BCUT2D eigenvalue weighted by Gasteiger charge is -2.13. The number of Topliss-reactive ketones (excluding diaryl/α,β-unsaturated/α-hetero) is 1. The first-order valence-electron chi connectivity index (χ1n) is 8.69. The van der Waals surface area contributed by atoms with Crippen molar-refractivity contribution >= 4 is 11.7 Å². The number of benzene rings is 2. The molecule has 0 spiro atoms. The van der Waals surface area contributed by atoms with Crippen molar-refractivity contribution < 1.29 is 24.2 Å². The lowest BCUT2D eigenvalue weighted by molar-refractivity contribution is -0.129. The highest BCUT2D eigenvalue weighted by molar-refractivity contribution is 5.94. The molecule has 0 saturated carbocycles. The number of hydrogen-bond acceptors (Lipinski definition) is 6. The highest BCUT2D eigenvalue weighted by Gasteiger charge is 2.17. The third-order valence-electron chi connectivity index (χ3n) is 4.11. The van der Waals surface area contributed by atoms with Crippen LogP contribution in [0.3, 0.4) is 0 Å². The van der Waals surface area contributed by atoms with E-state index in [9.17, 15) is 14.7 Å². The van der Waals surface area contributed by atoms with Gasteiger partial charge in [-0.05, 0) is 36.6 Å². The molecule has 7 nitrogen and oxygen atoms in total. The first kappa shape index (κ1) is 20.9. The van der Waals surface area contributed by atoms with Gasteiger partial charge in [0.25, 0.3) is 5.91 Å². The summed E-state index contributed by atoms with van der Waals surface area (Å²) >= 11 is 0. The van der Waals surface area contributed by atoms with Gasteiger partial charge in [0.15, 0.2) is 30.0 Å². The lowest BCUT2D eigenvalue weighted by Crippen LogP contribution is -2.31. The maximum absolute atomic E-state index is 12.1. The van der Waals surface area contributed by atoms with Crippen molar-refractivity contribution in [3.8, 4) is 17.6 Å². The van der Waals surface area contributed by atoms with E-state index in [1.165, 1.54) is 14.0 Å². The van der Waals surface area contributed by atoms with Crippen LogP contribution in [0.1, 0.15) is 34.5 Å². The van der Waals surface area contributed by atoms with E-state index in [-0.39, 0.29) is 12.4 Å². The topological polar surface area (TPSA) is 109 Å². The first-order valence-corrected chi connectivity index (χ1v) is 8.69. The standard InChI is InChI=1S/C21H22N2O5/c1-14(24)16-4-6-17(7-5-16)20(25)21(26)23-11-9-15-3-8-18(28-12-10-22)19(13-15)27-2/h3-8,13,20,25H,9,11-12H2,1-2H3,(H,23,26). The minimum Gasteiger partial charge on any atom is -0.493 e. The Morgan fingerprint density at radius 3 is 2.50 bits per heavy atom. The van der Waals surface area contributed by atoms with Crippen molar-refractivity contribution in [3.63, 3.8) is 0 Å². The van der Waals surface area contributed by atoms with Crippen LogP contribution in [0.25, 0.3) is 0 Å². The molecule has 0 aliphatic heterocycles. The molecule has 0 heterocycles. The maximum Gasteiger partial charge on any atom is 0.253 e. The van der Waals surface area contributed by atoms with Crippen LogP contribution in [-0.4, -0.2) is 37.1 Å². The van der Waals surface area contributed by atoms with Gasteiger partial charge in [0, 0.05) is 12.1 Å². The lowest BCUT2D eigenvalue weighted by atomic mass is 10.0. The second-order valence-corrected chi connectivity index (χ2v) is 6.05. The number of nitrogens with one attached hydrogen (secondary N) is 1. The molecule has 1 unspecified atom stereocenters. The molecular weight excluding hydrogens is 360 g/mol. The van der Waals surface area contributed by atoms with E-state index in [4.69, 9.17) is 14.7 Å². The predicted octanol–water partition coefficient (Wildman–Crippen LogP) is 2.19. The van der Waals surface area contributed by atoms with E-state index in [0.29, 0.717) is 35.6 Å². The Hall–Kier alpha value is -3.37. The molecule has 0 saturated heterocycles. The second-order valence-electron chi connectivity index (χ2n) is 6.05. The number of methoxy groups -OCH3 is 1. The number of carbonyl (C=O) groups is 2. The van der Waals surface area contributed by atoms with Crippen LogP contribution < -0.4 is 14.8 Å². The number of ether oxygens (including phenoxy) is 2. The van der Waals surface area contributed by atoms with E-state index in [1.807, 2.05) is 12.1 Å². The van der Waals surface area contributed by atoms with Crippen LogP contribution in [0.2, 0.25) is 0 Å². The van der Waals surface area contributed by atoms with Gasteiger partial charge in [0.05, 0.1) is 7.11 Å². The van der Waals surface area contributed by atoms with Gasteiger partial charge in [-0.3, -0.25) is 9.59 Å². The molecule has 2 aromatic rings. The van der Waals surface area contributed by atoms with Crippen molar-refractivity contribution in [2.75, 3.05) is 20.3 Å². The number of aliphatic hydroxyl groups is 1. The summed E-state index contributed by atoms with van der Waals surface area (Å²) in [6.07, 6.45) is -0.784. The summed E-state index contributed by atoms with van der Waals surface area (Å²) in [5.41, 5.74) is 1.84. The van der Waals surface area contributed by atoms with Crippen molar-refractivity contribution in [3.05, 3.63) is 59.2 Å². The number of ketones is 1. The quantitative estimate of drug-likeness (QED) is 0.644. The summed E-state index contributed by atoms with van der Waals surface area (Å²) < 4.78 is 10.5. The summed E-state index contributed by atoms with van der Waals surface area (Å²) in [6, 6.07) is 13.5. The number of carbonyl (C=O) groups excluding carboxylic acids is 2. The molecule has 7 heteroatoms. The Morgan fingerprint density at radius 2 is 1.89 bits per heavy atom. The van der Waals surface area contributed by atoms with Gasteiger partial charge in [-0.1, -0.05) is 30.3 Å². The van der Waals surface area contributed by atoms with Crippen LogP contribution in [-0.2, 0) is 11.2 Å². The molecule has 0 bridgehead atoms. The predicted molar refractivity (Wildman–Crippen MR) is 102 cm³/mol. The van der Waals surface area contributed by atoms with Crippen molar-refractivity contribution in [1.29, 1.82) is 5.26 Å². The van der Waals surface area contributed by atoms with Gasteiger partial charge in [0.2, 0.25) is 0 Å². The maximum atomic E-state index is 12.1. The molecule has 1 amide bonds. The number of aliphatic hydroxyl groups excluding tert-OH is 1. The van der Waals surface area contributed by atoms with Crippen LogP contribution in [0.5, 0.6) is 11.5 Å². The van der Waals surface area contributed by atoms with Crippen molar-refractivity contribution in [1.82, 2.24) is 5.32 Å². The van der Waals surface area contributed by atoms with Gasteiger partial charge < -0.3 is 19.9 Å². The molecule has 1 atom stereocenters. The summed E-state index contributed by atoms with van der Waals surface area (Å²) in [6.45, 7) is 1.70. The fourth-order valence-electron chi connectivity index (χ4n) is 2.57. The third kappa shape index (κ3) is 5.56. The van der Waals surface area contributed by atoms with Crippen molar-refractivity contribution in [2.45, 2.75) is 19.4 Å². The average Bonchev–Trinajstić information content (AvgIpc) is 2.71. The molecule has 0 aromatic heterocycles. The third-order valence-corrected chi connectivity index (χ3v) is 4.11. The van der Waals surface area contributed by atoms with Crippen LogP contribution in [0.4, 0.5) is 0 Å². The van der Waals surface area contributed by atoms with Crippen LogP contribution >= 0.6 is 0 Å². The van der Waals surface area contributed by atoms with Gasteiger partial charge in [0.1, 0.15) is 6.07 Å². The number of nitrogens with zero attached hydrogens (tertiary/aromatic N) is 1. The minimum absolute atomic E-state index is 0.0724.